The highest BCUT2D eigenvalue weighted by Crippen LogP contribution is 2.24. The second-order valence-electron chi connectivity index (χ2n) is 4.91. The summed E-state index contributed by atoms with van der Waals surface area (Å²) >= 11 is 0. The van der Waals surface area contributed by atoms with Crippen LogP contribution in [-0.2, 0) is 13.0 Å². The van der Waals surface area contributed by atoms with Gasteiger partial charge in [0.1, 0.15) is 0 Å². The Morgan fingerprint density at radius 3 is 2.60 bits per heavy atom. The van der Waals surface area contributed by atoms with E-state index in [4.69, 9.17) is 0 Å². The SMILES string of the molecule is CC(C)(CO)N1CCc2ccccc2C1. The smallest absolute Gasteiger partial charge is 0.0610 e. The van der Waals surface area contributed by atoms with Crippen LogP contribution in [0.2, 0.25) is 0 Å². The van der Waals surface area contributed by atoms with Gasteiger partial charge in [-0.2, -0.15) is 0 Å². The Hall–Kier alpha value is -0.860. The van der Waals surface area contributed by atoms with E-state index in [-0.39, 0.29) is 12.1 Å². The van der Waals surface area contributed by atoms with Crippen LogP contribution in [0.4, 0.5) is 0 Å². The van der Waals surface area contributed by atoms with Gasteiger partial charge in [0.05, 0.1) is 6.61 Å². The fourth-order valence-electron chi connectivity index (χ4n) is 2.11. The van der Waals surface area contributed by atoms with E-state index in [0.717, 1.165) is 19.5 Å². The van der Waals surface area contributed by atoms with E-state index in [1.165, 1.54) is 11.1 Å². The standard InChI is InChI=1S/C13H19NO/c1-13(2,10-15)14-8-7-11-5-3-4-6-12(11)9-14/h3-6,15H,7-10H2,1-2H3. The van der Waals surface area contributed by atoms with E-state index in [0.29, 0.717) is 0 Å². The molecule has 0 unspecified atom stereocenters. The summed E-state index contributed by atoms with van der Waals surface area (Å²) in [6, 6.07) is 8.59. The van der Waals surface area contributed by atoms with Crippen LogP contribution in [0.1, 0.15) is 25.0 Å². The average Bonchev–Trinajstić information content (AvgIpc) is 2.28. The topological polar surface area (TPSA) is 23.5 Å². The Morgan fingerprint density at radius 1 is 1.27 bits per heavy atom. The molecule has 1 heterocycles. The molecule has 1 N–H and O–H groups in total. The Labute approximate surface area is 91.5 Å². The maximum Gasteiger partial charge on any atom is 0.0610 e. The normalized spacial score (nSPS) is 17.5. The highest BCUT2D eigenvalue weighted by Gasteiger charge is 2.28. The molecule has 0 saturated heterocycles. The lowest BCUT2D eigenvalue weighted by Gasteiger charge is -2.40. The van der Waals surface area contributed by atoms with Gasteiger partial charge in [-0.25, -0.2) is 0 Å². The molecule has 1 aromatic rings. The maximum atomic E-state index is 9.35. The number of hydrogen-bond acceptors (Lipinski definition) is 2. The highest BCUT2D eigenvalue weighted by molar-refractivity contribution is 5.29. The van der Waals surface area contributed by atoms with Crippen molar-refractivity contribution in [1.82, 2.24) is 4.90 Å². The summed E-state index contributed by atoms with van der Waals surface area (Å²) < 4.78 is 0. The molecule has 2 rings (SSSR count). The summed E-state index contributed by atoms with van der Waals surface area (Å²) in [7, 11) is 0. The second-order valence-corrected chi connectivity index (χ2v) is 4.91. The van der Waals surface area contributed by atoms with Gasteiger partial charge in [-0.15, -0.1) is 0 Å². The Kier molecular flexibility index (Phi) is 2.81. The van der Waals surface area contributed by atoms with E-state index >= 15 is 0 Å². The van der Waals surface area contributed by atoms with Gasteiger partial charge in [-0.05, 0) is 31.4 Å². The summed E-state index contributed by atoms with van der Waals surface area (Å²) in [5.74, 6) is 0. The molecule has 1 aromatic carbocycles. The van der Waals surface area contributed by atoms with E-state index in [1.54, 1.807) is 0 Å². The third kappa shape index (κ3) is 2.06. The van der Waals surface area contributed by atoms with Gasteiger partial charge in [0, 0.05) is 18.6 Å². The van der Waals surface area contributed by atoms with Crippen molar-refractivity contribution >= 4 is 0 Å². The Morgan fingerprint density at radius 2 is 1.93 bits per heavy atom. The fourth-order valence-corrected chi connectivity index (χ4v) is 2.11. The van der Waals surface area contributed by atoms with Crippen molar-refractivity contribution in [2.24, 2.45) is 0 Å². The summed E-state index contributed by atoms with van der Waals surface area (Å²) in [5, 5.41) is 9.35. The fraction of sp³-hybridized carbons (Fsp3) is 0.538. The predicted molar refractivity (Wildman–Crippen MR) is 61.7 cm³/mol. The van der Waals surface area contributed by atoms with Crippen molar-refractivity contribution in [2.75, 3.05) is 13.2 Å². The minimum Gasteiger partial charge on any atom is -0.394 e. The zero-order chi connectivity index (χ0) is 10.9. The van der Waals surface area contributed by atoms with Gasteiger partial charge >= 0.3 is 0 Å². The first kappa shape index (κ1) is 10.7. The van der Waals surface area contributed by atoms with Crippen LogP contribution in [0.25, 0.3) is 0 Å². The monoisotopic (exact) mass is 205 g/mol. The van der Waals surface area contributed by atoms with Crippen LogP contribution >= 0.6 is 0 Å². The van der Waals surface area contributed by atoms with E-state index in [9.17, 15) is 5.11 Å². The summed E-state index contributed by atoms with van der Waals surface area (Å²) in [6.07, 6.45) is 1.10. The molecular formula is C13H19NO. The Bertz CT molecular complexity index is 346. The van der Waals surface area contributed by atoms with Crippen LogP contribution in [-0.4, -0.2) is 28.7 Å². The molecule has 82 valence electrons. The Balaban J connectivity index is 2.19. The molecule has 2 heteroatoms. The lowest BCUT2D eigenvalue weighted by Crippen LogP contribution is -2.48. The van der Waals surface area contributed by atoms with Crippen LogP contribution in [0.15, 0.2) is 24.3 Å². The van der Waals surface area contributed by atoms with Gasteiger partial charge in [-0.1, -0.05) is 24.3 Å². The molecule has 0 aromatic heterocycles. The van der Waals surface area contributed by atoms with Gasteiger partial charge in [0.15, 0.2) is 0 Å². The zero-order valence-electron chi connectivity index (χ0n) is 9.53. The van der Waals surface area contributed by atoms with Crippen LogP contribution < -0.4 is 0 Å². The lowest BCUT2D eigenvalue weighted by molar-refractivity contribution is 0.0464. The summed E-state index contributed by atoms with van der Waals surface area (Å²) in [6.45, 7) is 6.42. The number of aliphatic hydroxyl groups is 1. The molecule has 0 amide bonds. The number of rotatable bonds is 2. The average molecular weight is 205 g/mol. The molecule has 0 spiro atoms. The van der Waals surface area contributed by atoms with E-state index in [2.05, 4.69) is 43.0 Å². The predicted octanol–water partition coefficient (Wildman–Crippen LogP) is 1.82. The maximum absolute atomic E-state index is 9.35. The van der Waals surface area contributed by atoms with Gasteiger partial charge in [0.25, 0.3) is 0 Å². The molecule has 15 heavy (non-hydrogen) atoms. The number of nitrogens with zero attached hydrogens (tertiary/aromatic N) is 1. The molecular weight excluding hydrogens is 186 g/mol. The molecule has 1 aliphatic rings. The van der Waals surface area contributed by atoms with Crippen molar-refractivity contribution in [3.63, 3.8) is 0 Å². The summed E-state index contributed by atoms with van der Waals surface area (Å²) in [5.41, 5.74) is 2.76. The number of fused-ring (bicyclic) bond motifs is 1. The van der Waals surface area contributed by atoms with Gasteiger partial charge in [0.2, 0.25) is 0 Å². The van der Waals surface area contributed by atoms with E-state index < -0.39 is 0 Å². The largest absolute Gasteiger partial charge is 0.394 e. The molecule has 2 nitrogen and oxygen atoms in total. The molecule has 0 radical (unpaired) electrons. The molecule has 0 fully saturated rings. The minimum atomic E-state index is -0.104. The van der Waals surface area contributed by atoms with E-state index in [1.807, 2.05) is 0 Å². The highest BCUT2D eigenvalue weighted by atomic mass is 16.3. The van der Waals surface area contributed by atoms with Gasteiger partial charge < -0.3 is 5.11 Å². The second kappa shape index (κ2) is 3.95. The number of benzene rings is 1. The van der Waals surface area contributed by atoms with Crippen LogP contribution in [0, 0.1) is 0 Å². The summed E-state index contributed by atoms with van der Waals surface area (Å²) in [4.78, 5) is 2.36. The molecule has 0 atom stereocenters. The van der Waals surface area contributed by atoms with Crippen molar-refractivity contribution < 1.29 is 5.11 Å². The van der Waals surface area contributed by atoms with Crippen LogP contribution in [0.5, 0.6) is 0 Å². The zero-order valence-corrected chi connectivity index (χ0v) is 9.53. The first-order valence-corrected chi connectivity index (χ1v) is 5.56. The first-order chi connectivity index (χ1) is 7.13. The number of hydrogen-bond donors (Lipinski definition) is 1. The molecule has 0 bridgehead atoms. The third-order valence-electron chi connectivity index (χ3n) is 3.37. The van der Waals surface area contributed by atoms with Crippen molar-refractivity contribution in [3.8, 4) is 0 Å². The molecule has 0 aliphatic carbocycles. The molecule has 1 aliphatic heterocycles. The van der Waals surface area contributed by atoms with Crippen molar-refractivity contribution in [2.45, 2.75) is 32.4 Å². The third-order valence-corrected chi connectivity index (χ3v) is 3.37. The molecule has 0 saturated carbocycles. The van der Waals surface area contributed by atoms with Gasteiger partial charge in [-0.3, -0.25) is 4.90 Å². The number of aliphatic hydroxyl groups excluding tert-OH is 1. The van der Waals surface area contributed by atoms with Crippen molar-refractivity contribution in [1.29, 1.82) is 0 Å². The lowest BCUT2D eigenvalue weighted by atomic mass is 9.95. The van der Waals surface area contributed by atoms with Crippen molar-refractivity contribution in [3.05, 3.63) is 35.4 Å². The van der Waals surface area contributed by atoms with Crippen LogP contribution in [0.3, 0.4) is 0 Å². The quantitative estimate of drug-likeness (QED) is 0.796. The minimum absolute atomic E-state index is 0.104. The first-order valence-electron chi connectivity index (χ1n) is 5.56.